The number of nitrogens with zero attached hydrogens (tertiary/aromatic N) is 2. The van der Waals surface area contributed by atoms with Gasteiger partial charge in [-0.25, -0.2) is 0 Å². The van der Waals surface area contributed by atoms with Gasteiger partial charge in [-0.2, -0.15) is 0 Å². The van der Waals surface area contributed by atoms with Crippen molar-refractivity contribution in [1.29, 1.82) is 0 Å². The summed E-state index contributed by atoms with van der Waals surface area (Å²) in [6, 6.07) is 7.61. The van der Waals surface area contributed by atoms with Crippen molar-refractivity contribution in [2.45, 2.75) is 13.0 Å². The molecule has 2 aromatic heterocycles. The fraction of sp³-hybridized carbons (Fsp3) is 0.412. The number of carbonyl (C=O) groups is 2. The highest BCUT2D eigenvalue weighted by molar-refractivity contribution is 7.12. The largest absolute Gasteiger partial charge is 0.463 e. The molecule has 1 saturated heterocycles. The summed E-state index contributed by atoms with van der Waals surface area (Å²) in [4.78, 5) is 29.1. The summed E-state index contributed by atoms with van der Waals surface area (Å²) in [5.74, 6) is 1.04. The third-order valence-corrected chi connectivity index (χ3v) is 5.15. The fourth-order valence-corrected chi connectivity index (χ4v) is 3.48. The van der Waals surface area contributed by atoms with Crippen molar-refractivity contribution >= 4 is 23.2 Å². The van der Waals surface area contributed by atoms with E-state index in [-0.39, 0.29) is 17.9 Å². The third kappa shape index (κ3) is 3.85. The van der Waals surface area contributed by atoms with Gasteiger partial charge in [0, 0.05) is 26.2 Å². The van der Waals surface area contributed by atoms with Crippen molar-refractivity contribution in [3.05, 3.63) is 46.5 Å². The highest BCUT2D eigenvalue weighted by Gasteiger charge is 2.26. The van der Waals surface area contributed by atoms with Crippen LogP contribution in [0.3, 0.4) is 0 Å². The SMILES string of the molecule is C[C@@H]([NH2+]CC(=O)N1CCN(C(=O)c2cccs2)CC1)c1ccco1. The Morgan fingerprint density at radius 2 is 1.96 bits per heavy atom. The lowest BCUT2D eigenvalue weighted by molar-refractivity contribution is -0.685. The molecule has 2 amide bonds. The van der Waals surface area contributed by atoms with Gasteiger partial charge in [0.05, 0.1) is 11.1 Å². The molecule has 0 unspecified atom stereocenters. The molecule has 6 nitrogen and oxygen atoms in total. The smallest absolute Gasteiger partial charge is 0.277 e. The van der Waals surface area contributed by atoms with E-state index in [2.05, 4.69) is 0 Å². The van der Waals surface area contributed by atoms with Gasteiger partial charge in [0.1, 0.15) is 6.04 Å². The molecule has 0 radical (unpaired) electrons. The van der Waals surface area contributed by atoms with Crippen molar-refractivity contribution in [2.75, 3.05) is 32.7 Å². The van der Waals surface area contributed by atoms with Crippen LogP contribution >= 0.6 is 11.3 Å². The molecule has 0 aliphatic carbocycles. The number of thiophene rings is 1. The Morgan fingerprint density at radius 3 is 2.58 bits per heavy atom. The predicted molar refractivity (Wildman–Crippen MR) is 90.7 cm³/mol. The molecule has 0 saturated carbocycles. The summed E-state index contributed by atoms with van der Waals surface area (Å²) < 4.78 is 5.35. The minimum atomic E-state index is 0.0649. The lowest BCUT2D eigenvalue weighted by atomic mass is 10.2. The molecule has 2 aromatic rings. The summed E-state index contributed by atoms with van der Waals surface area (Å²) in [5, 5.41) is 3.88. The van der Waals surface area contributed by atoms with Gasteiger partial charge < -0.3 is 19.5 Å². The number of hydrogen-bond acceptors (Lipinski definition) is 4. The number of piperazine rings is 1. The fourth-order valence-electron chi connectivity index (χ4n) is 2.79. The third-order valence-electron chi connectivity index (χ3n) is 4.29. The van der Waals surface area contributed by atoms with E-state index in [4.69, 9.17) is 4.42 Å². The summed E-state index contributed by atoms with van der Waals surface area (Å²) in [6.07, 6.45) is 1.64. The zero-order chi connectivity index (χ0) is 16.9. The maximum atomic E-state index is 12.3. The second-order valence-corrected chi connectivity index (χ2v) is 6.84. The number of nitrogens with two attached hydrogens (primary N) is 1. The predicted octanol–water partition coefficient (Wildman–Crippen LogP) is 0.950. The van der Waals surface area contributed by atoms with Crippen LogP contribution in [0.15, 0.2) is 40.3 Å². The molecule has 0 aromatic carbocycles. The van der Waals surface area contributed by atoms with E-state index in [1.54, 1.807) is 6.26 Å². The number of rotatable bonds is 5. The molecule has 0 spiro atoms. The van der Waals surface area contributed by atoms with Crippen LogP contribution in [0.4, 0.5) is 0 Å². The summed E-state index contributed by atoms with van der Waals surface area (Å²) >= 11 is 1.46. The van der Waals surface area contributed by atoms with Gasteiger partial charge in [0.2, 0.25) is 0 Å². The van der Waals surface area contributed by atoms with Crippen molar-refractivity contribution < 1.29 is 19.3 Å². The van der Waals surface area contributed by atoms with Crippen molar-refractivity contribution in [1.82, 2.24) is 9.80 Å². The van der Waals surface area contributed by atoms with Crippen LogP contribution in [0.25, 0.3) is 0 Å². The van der Waals surface area contributed by atoms with Crippen molar-refractivity contribution in [3.63, 3.8) is 0 Å². The Hall–Kier alpha value is -2.12. The van der Waals surface area contributed by atoms with E-state index in [0.717, 1.165) is 10.6 Å². The first-order valence-corrected chi connectivity index (χ1v) is 9.00. The zero-order valence-corrected chi connectivity index (χ0v) is 14.5. The molecule has 0 bridgehead atoms. The zero-order valence-electron chi connectivity index (χ0n) is 13.7. The van der Waals surface area contributed by atoms with Gasteiger partial charge in [-0.3, -0.25) is 9.59 Å². The van der Waals surface area contributed by atoms with Crippen LogP contribution < -0.4 is 5.32 Å². The summed E-state index contributed by atoms with van der Waals surface area (Å²) in [7, 11) is 0. The molecule has 24 heavy (non-hydrogen) atoms. The lowest BCUT2D eigenvalue weighted by Crippen LogP contribution is -2.87. The van der Waals surface area contributed by atoms with Crippen molar-refractivity contribution in [3.8, 4) is 0 Å². The first-order chi connectivity index (χ1) is 11.6. The average Bonchev–Trinajstić information content (AvgIpc) is 3.32. The highest BCUT2D eigenvalue weighted by atomic mass is 32.1. The highest BCUT2D eigenvalue weighted by Crippen LogP contribution is 2.14. The standard InChI is InChI=1S/C17H21N3O3S/c1-13(14-4-2-10-23-14)18-12-16(21)19-6-8-20(9-7-19)17(22)15-5-3-11-24-15/h2-5,10-11,13,18H,6-9,12H2,1H3/p+1/t13-/m1/s1. The topological polar surface area (TPSA) is 70.4 Å². The molecule has 1 aliphatic heterocycles. The van der Waals surface area contributed by atoms with E-state index in [0.29, 0.717) is 32.7 Å². The van der Waals surface area contributed by atoms with Crippen LogP contribution in [0, 0.1) is 0 Å². The number of carbonyl (C=O) groups excluding carboxylic acids is 2. The van der Waals surface area contributed by atoms with Crippen LogP contribution in [0.5, 0.6) is 0 Å². The minimum absolute atomic E-state index is 0.0649. The van der Waals surface area contributed by atoms with Gasteiger partial charge in [-0.05, 0) is 30.5 Å². The van der Waals surface area contributed by atoms with Crippen LogP contribution in [-0.4, -0.2) is 54.3 Å². The summed E-state index contributed by atoms with van der Waals surface area (Å²) in [5.41, 5.74) is 0. The Bertz CT molecular complexity index is 661. The van der Waals surface area contributed by atoms with Gasteiger partial charge >= 0.3 is 0 Å². The molecule has 128 valence electrons. The minimum Gasteiger partial charge on any atom is -0.463 e. The second-order valence-electron chi connectivity index (χ2n) is 5.89. The first-order valence-electron chi connectivity index (χ1n) is 8.12. The average molecular weight is 348 g/mol. The molecule has 1 aliphatic rings. The lowest BCUT2D eigenvalue weighted by Gasteiger charge is -2.34. The Balaban J connectivity index is 1.44. The molecule has 2 N–H and O–H groups in total. The monoisotopic (exact) mass is 348 g/mol. The summed E-state index contributed by atoms with van der Waals surface area (Å²) in [6.45, 7) is 4.79. The van der Waals surface area contributed by atoms with E-state index >= 15 is 0 Å². The molecular formula is C17H22N3O3S+. The Morgan fingerprint density at radius 1 is 1.21 bits per heavy atom. The van der Waals surface area contributed by atoms with Crippen LogP contribution in [0.2, 0.25) is 0 Å². The number of hydrogen-bond donors (Lipinski definition) is 1. The Kier molecular flexibility index (Phi) is 5.32. The first kappa shape index (κ1) is 16.7. The Labute approximate surface area is 145 Å². The number of furan rings is 1. The van der Waals surface area contributed by atoms with E-state index in [1.807, 2.05) is 51.7 Å². The van der Waals surface area contributed by atoms with Gasteiger partial charge in [0.25, 0.3) is 11.8 Å². The van der Waals surface area contributed by atoms with E-state index in [9.17, 15) is 9.59 Å². The number of quaternary nitrogens is 1. The number of amides is 2. The maximum Gasteiger partial charge on any atom is 0.277 e. The van der Waals surface area contributed by atoms with Gasteiger partial charge in [-0.15, -0.1) is 11.3 Å². The maximum absolute atomic E-state index is 12.3. The molecule has 3 rings (SSSR count). The second kappa shape index (κ2) is 7.63. The quantitative estimate of drug-likeness (QED) is 0.875. The van der Waals surface area contributed by atoms with Crippen LogP contribution in [0.1, 0.15) is 28.4 Å². The molecular weight excluding hydrogens is 326 g/mol. The normalized spacial score (nSPS) is 16.2. The van der Waals surface area contributed by atoms with Crippen LogP contribution in [-0.2, 0) is 4.79 Å². The van der Waals surface area contributed by atoms with Crippen molar-refractivity contribution in [2.24, 2.45) is 0 Å². The van der Waals surface area contributed by atoms with E-state index < -0.39 is 0 Å². The van der Waals surface area contributed by atoms with Gasteiger partial charge in [-0.1, -0.05) is 6.07 Å². The molecule has 1 atom stereocenters. The molecule has 1 fully saturated rings. The van der Waals surface area contributed by atoms with Gasteiger partial charge in [0.15, 0.2) is 12.3 Å². The van der Waals surface area contributed by atoms with E-state index in [1.165, 1.54) is 11.3 Å². The molecule has 3 heterocycles. The molecule has 7 heteroatoms.